The summed E-state index contributed by atoms with van der Waals surface area (Å²) >= 11 is 0. The van der Waals surface area contributed by atoms with Crippen LogP contribution in [0, 0.1) is 0 Å². The van der Waals surface area contributed by atoms with Crippen molar-refractivity contribution < 1.29 is 4.79 Å². The summed E-state index contributed by atoms with van der Waals surface area (Å²) in [5.41, 5.74) is 5.05. The lowest BCUT2D eigenvalue weighted by Gasteiger charge is -2.45. The van der Waals surface area contributed by atoms with Crippen LogP contribution in [0.3, 0.4) is 0 Å². The van der Waals surface area contributed by atoms with E-state index in [1.165, 1.54) is 42.5 Å². The van der Waals surface area contributed by atoms with E-state index in [4.69, 9.17) is 0 Å². The van der Waals surface area contributed by atoms with E-state index in [0.29, 0.717) is 12.0 Å². The highest BCUT2D eigenvalue weighted by atomic mass is 16.1. The van der Waals surface area contributed by atoms with Crippen LogP contribution in [0.5, 0.6) is 0 Å². The number of carbonyl (C=O) groups is 1. The minimum atomic E-state index is 0.594. The minimum Gasteiger partial charge on any atom is -0.298 e. The third-order valence-electron chi connectivity index (χ3n) is 5.59. The molecule has 118 valence electrons. The molecule has 23 heavy (non-hydrogen) atoms. The van der Waals surface area contributed by atoms with Gasteiger partial charge in [0.2, 0.25) is 0 Å². The zero-order valence-corrected chi connectivity index (χ0v) is 13.4. The molecular formula is C21H23NO. The lowest BCUT2D eigenvalue weighted by molar-refractivity contribution is 0.104. The molecule has 0 amide bonds. The Morgan fingerprint density at radius 3 is 2.74 bits per heavy atom. The van der Waals surface area contributed by atoms with E-state index in [2.05, 4.69) is 47.4 Å². The zero-order chi connectivity index (χ0) is 15.6. The Labute approximate surface area is 138 Å². The highest BCUT2D eigenvalue weighted by Gasteiger charge is 2.36. The number of piperidine rings is 1. The van der Waals surface area contributed by atoms with Crippen LogP contribution in [0.15, 0.2) is 48.5 Å². The van der Waals surface area contributed by atoms with Gasteiger partial charge in [-0.25, -0.2) is 0 Å². The van der Waals surface area contributed by atoms with E-state index in [-0.39, 0.29) is 0 Å². The average Bonchev–Trinajstić information content (AvgIpc) is 2.62. The molecule has 0 N–H and O–H groups in total. The number of carbonyl (C=O) groups excluding carboxylic acids is 1. The summed E-state index contributed by atoms with van der Waals surface area (Å²) in [4.78, 5) is 14.0. The number of hydrogen-bond donors (Lipinski definition) is 0. The molecule has 2 atom stereocenters. The van der Waals surface area contributed by atoms with Gasteiger partial charge < -0.3 is 0 Å². The zero-order valence-electron chi connectivity index (χ0n) is 13.4. The summed E-state index contributed by atoms with van der Waals surface area (Å²) in [7, 11) is 0. The first-order valence-corrected chi connectivity index (χ1v) is 8.72. The molecule has 0 saturated carbocycles. The van der Waals surface area contributed by atoms with Gasteiger partial charge in [-0.05, 0) is 54.8 Å². The number of aldehydes is 1. The molecular weight excluding hydrogens is 282 g/mol. The van der Waals surface area contributed by atoms with Crippen molar-refractivity contribution >= 4 is 6.29 Å². The Balaban J connectivity index is 1.62. The van der Waals surface area contributed by atoms with Crippen LogP contribution >= 0.6 is 0 Å². The number of likely N-dealkylation sites (tertiary alicyclic amines) is 1. The predicted molar refractivity (Wildman–Crippen MR) is 92.8 cm³/mol. The first-order chi connectivity index (χ1) is 11.4. The maximum Gasteiger partial charge on any atom is 0.150 e. The van der Waals surface area contributed by atoms with Crippen molar-refractivity contribution in [3.05, 3.63) is 70.8 Å². The monoisotopic (exact) mass is 305 g/mol. The van der Waals surface area contributed by atoms with E-state index in [1.807, 2.05) is 6.07 Å². The van der Waals surface area contributed by atoms with Crippen LogP contribution in [-0.4, -0.2) is 23.8 Å². The van der Waals surface area contributed by atoms with Crippen molar-refractivity contribution in [1.82, 2.24) is 4.90 Å². The van der Waals surface area contributed by atoms with Crippen LogP contribution in [0.2, 0.25) is 0 Å². The number of fused-ring (bicyclic) bond motifs is 3. The molecule has 1 fully saturated rings. The minimum absolute atomic E-state index is 0.594. The van der Waals surface area contributed by atoms with Gasteiger partial charge in [0.25, 0.3) is 0 Å². The normalized spacial score (nSPS) is 23.8. The van der Waals surface area contributed by atoms with Gasteiger partial charge in [-0.15, -0.1) is 0 Å². The van der Waals surface area contributed by atoms with Gasteiger partial charge in [-0.1, -0.05) is 48.5 Å². The molecule has 4 rings (SSSR count). The Hall–Kier alpha value is -1.93. The summed E-state index contributed by atoms with van der Waals surface area (Å²) in [6.45, 7) is 2.24. The molecule has 2 nitrogen and oxygen atoms in total. The van der Waals surface area contributed by atoms with Crippen molar-refractivity contribution in [2.75, 3.05) is 6.54 Å². The summed E-state index contributed by atoms with van der Waals surface area (Å²) in [6, 6.07) is 17.7. The number of hydrogen-bond acceptors (Lipinski definition) is 2. The Kier molecular flexibility index (Phi) is 4.00. The molecule has 2 aromatic carbocycles. The quantitative estimate of drug-likeness (QED) is 0.792. The summed E-state index contributed by atoms with van der Waals surface area (Å²) in [5, 5.41) is 0. The van der Waals surface area contributed by atoms with Gasteiger partial charge in [-0.2, -0.15) is 0 Å². The Morgan fingerprint density at radius 1 is 1.04 bits per heavy atom. The molecule has 0 spiro atoms. The fraction of sp³-hybridized carbons (Fsp3) is 0.381. The van der Waals surface area contributed by atoms with Gasteiger partial charge in [0, 0.05) is 18.2 Å². The largest absolute Gasteiger partial charge is 0.298 e. The second kappa shape index (κ2) is 6.29. The maximum atomic E-state index is 11.3. The number of benzene rings is 2. The number of nitrogens with zero attached hydrogens (tertiary/aromatic N) is 1. The topological polar surface area (TPSA) is 20.3 Å². The van der Waals surface area contributed by atoms with Gasteiger partial charge in [0.05, 0.1) is 0 Å². The van der Waals surface area contributed by atoms with E-state index in [0.717, 1.165) is 24.8 Å². The van der Waals surface area contributed by atoms with E-state index in [1.54, 1.807) is 0 Å². The maximum absolute atomic E-state index is 11.3. The molecule has 2 aliphatic rings. The van der Waals surface area contributed by atoms with Crippen molar-refractivity contribution in [3.63, 3.8) is 0 Å². The predicted octanol–water partition coefficient (Wildman–Crippen LogP) is 4.19. The van der Waals surface area contributed by atoms with Crippen LogP contribution in [0.4, 0.5) is 0 Å². The lowest BCUT2D eigenvalue weighted by Crippen LogP contribution is -2.46. The highest BCUT2D eigenvalue weighted by molar-refractivity contribution is 5.78. The second-order valence-corrected chi connectivity index (χ2v) is 6.84. The SMILES string of the molecule is O=Cc1cccc2c1CC[C@@H]1[C@@H]2CCCN1Cc1ccccc1. The fourth-order valence-corrected chi connectivity index (χ4v) is 4.55. The molecule has 0 bridgehead atoms. The van der Waals surface area contributed by atoms with Crippen molar-refractivity contribution in [2.24, 2.45) is 0 Å². The standard InChI is InChI=1S/C21H23NO/c23-15-17-8-4-9-19-18(17)11-12-21-20(19)10-5-13-22(21)14-16-6-2-1-3-7-16/h1-4,6-9,15,20-21H,5,10-14H2/t20-,21-/m1/s1. The molecule has 2 heteroatoms. The summed E-state index contributed by atoms with van der Waals surface area (Å²) in [6.07, 6.45) is 5.75. The second-order valence-electron chi connectivity index (χ2n) is 6.84. The van der Waals surface area contributed by atoms with Gasteiger partial charge in [0.15, 0.2) is 0 Å². The Morgan fingerprint density at radius 2 is 1.91 bits per heavy atom. The molecule has 0 unspecified atom stereocenters. The third kappa shape index (κ3) is 2.72. The highest BCUT2D eigenvalue weighted by Crippen LogP contribution is 2.41. The molecule has 2 aromatic rings. The van der Waals surface area contributed by atoms with Crippen LogP contribution < -0.4 is 0 Å². The van der Waals surface area contributed by atoms with Crippen LogP contribution in [0.25, 0.3) is 0 Å². The van der Waals surface area contributed by atoms with E-state index >= 15 is 0 Å². The Bertz CT molecular complexity index is 694. The first kappa shape index (κ1) is 14.6. The molecule has 1 saturated heterocycles. The van der Waals surface area contributed by atoms with Crippen molar-refractivity contribution in [2.45, 2.75) is 44.2 Å². The number of rotatable bonds is 3. The smallest absolute Gasteiger partial charge is 0.150 e. The molecule has 1 heterocycles. The first-order valence-electron chi connectivity index (χ1n) is 8.72. The van der Waals surface area contributed by atoms with Crippen LogP contribution in [0.1, 0.15) is 52.2 Å². The van der Waals surface area contributed by atoms with Gasteiger partial charge in [0.1, 0.15) is 6.29 Å². The van der Waals surface area contributed by atoms with Crippen molar-refractivity contribution in [3.8, 4) is 0 Å². The summed E-state index contributed by atoms with van der Waals surface area (Å²) < 4.78 is 0. The van der Waals surface area contributed by atoms with E-state index < -0.39 is 0 Å². The van der Waals surface area contributed by atoms with Crippen molar-refractivity contribution in [1.29, 1.82) is 0 Å². The fourth-order valence-electron chi connectivity index (χ4n) is 4.55. The third-order valence-corrected chi connectivity index (χ3v) is 5.59. The average molecular weight is 305 g/mol. The van der Waals surface area contributed by atoms with Gasteiger partial charge in [-0.3, -0.25) is 9.69 Å². The van der Waals surface area contributed by atoms with Crippen LogP contribution in [-0.2, 0) is 13.0 Å². The molecule has 0 radical (unpaired) electrons. The van der Waals surface area contributed by atoms with E-state index in [9.17, 15) is 4.79 Å². The molecule has 1 aliphatic heterocycles. The summed E-state index contributed by atoms with van der Waals surface area (Å²) in [5.74, 6) is 0.594. The molecule has 1 aliphatic carbocycles. The van der Waals surface area contributed by atoms with Gasteiger partial charge >= 0.3 is 0 Å². The lowest BCUT2D eigenvalue weighted by atomic mass is 9.73. The molecule has 0 aromatic heterocycles.